The van der Waals surface area contributed by atoms with Gasteiger partial charge in [-0.2, -0.15) is 5.10 Å². The molecule has 0 spiro atoms. The zero-order chi connectivity index (χ0) is 17.8. The Bertz CT molecular complexity index is 771. The summed E-state index contributed by atoms with van der Waals surface area (Å²) in [5.74, 6) is -0.521. The molecule has 1 atom stereocenters. The number of amides is 1. The Morgan fingerprint density at radius 3 is 3.00 bits per heavy atom. The van der Waals surface area contributed by atoms with E-state index in [4.69, 9.17) is 4.74 Å². The SMILES string of the molecule is CCOc1cccc(C(=O)N2CCCCC2c2[nH]ncc2C(=O)O)c1. The molecule has 7 nitrogen and oxygen atoms in total. The number of aromatic nitrogens is 2. The number of aromatic carboxylic acids is 1. The van der Waals surface area contributed by atoms with Crippen LogP contribution in [-0.4, -0.2) is 45.2 Å². The Labute approximate surface area is 145 Å². The molecule has 7 heteroatoms. The van der Waals surface area contributed by atoms with Crippen molar-refractivity contribution in [2.45, 2.75) is 32.2 Å². The Morgan fingerprint density at radius 1 is 1.40 bits per heavy atom. The van der Waals surface area contributed by atoms with E-state index in [1.165, 1.54) is 6.20 Å². The standard InChI is InChI=1S/C18H21N3O4/c1-2-25-13-7-5-6-12(10-13)17(22)21-9-4-3-8-15(21)16-14(18(23)24)11-19-20-16/h5-7,10-11,15H,2-4,8-9H2,1H3,(H,19,20)(H,23,24). The van der Waals surface area contributed by atoms with E-state index in [2.05, 4.69) is 10.2 Å². The van der Waals surface area contributed by atoms with Crippen LogP contribution in [0.4, 0.5) is 0 Å². The highest BCUT2D eigenvalue weighted by atomic mass is 16.5. The Balaban J connectivity index is 1.90. The van der Waals surface area contributed by atoms with Crippen molar-refractivity contribution in [2.75, 3.05) is 13.2 Å². The summed E-state index contributed by atoms with van der Waals surface area (Å²) in [6.45, 7) is 3.00. The molecule has 0 aliphatic carbocycles. The average Bonchev–Trinajstić information content (AvgIpc) is 3.11. The Kier molecular flexibility index (Phi) is 5.02. The van der Waals surface area contributed by atoms with Crippen molar-refractivity contribution in [3.63, 3.8) is 0 Å². The molecule has 1 aromatic carbocycles. The highest BCUT2D eigenvalue weighted by molar-refractivity contribution is 5.95. The van der Waals surface area contributed by atoms with Gasteiger partial charge in [-0.1, -0.05) is 6.07 Å². The summed E-state index contributed by atoms with van der Waals surface area (Å²) in [4.78, 5) is 26.2. The summed E-state index contributed by atoms with van der Waals surface area (Å²) in [7, 11) is 0. The largest absolute Gasteiger partial charge is 0.494 e. The van der Waals surface area contributed by atoms with Gasteiger partial charge in [-0.15, -0.1) is 0 Å². The zero-order valence-corrected chi connectivity index (χ0v) is 14.1. The maximum atomic E-state index is 13.0. The van der Waals surface area contributed by atoms with Gasteiger partial charge in [-0.25, -0.2) is 4.79 Å². The molecule has 1 fully saturated rings. The van der Waals surface area contributed by atoms with Crippen molar-refractivity contribution in [3.8, 4) is 5.75 Å². The van der Waals surface area contributed by atoms with Crippen LogP contribution in [0.15, 0.2) is 30.5 Å². The number of ether oxygens (including phenoxy) is 1. The topological polar surface area (TPSA) is 95.5 Å². The van der Waals surface area contributed by atoms with Crippen LogP contribution in [0, 0.1) is 0 Å². The molecular weight excluding hydrogens is 322 g/mol. The normalized spacial score (nSPS) is 17.3. The van der Waals surface area contributed by atoms with Gasteiger partial charge in [0.1, 0.15) is 11.3 Å². The van der Waals surface area contributed by atoms with Crippen LogP contribution >= 0.6 is 0 Å². The van der Waals surface area contributed by atoms with Crippen LogP contribution < -0.4 is 4.74 Å². The van der Waals surface area contributed by atoms with E-state index in [1.807, 2.05) is 13.0 Å². The third-order valence-electron chi connectivity index (χ3n) is 4.39. The molecule has 2 heterocycles. The van der Waals surface area contributed by atoms with E-state index in [0.717, 1.165) is 12.8 Å². The van der Waals surface area contributed by atoms with E-state index in [1.54, 1.807) is 23.1 Å². The molecule has 1 aliphatic heterocycles. The van der Waals surface area contributed by atoms with Crippen LogP contribution in [0.3, 0.4) is 0 Å². The number of nitrogens with zero attached hydrogens (tertiary/aromatic N) is 2. The molecule has 0 radical (unpaired) electrons. The average molecular weight is 343 g/mol. The predicted molar refractivity (Wildman–Crippen MR) is 90.8 cm³/mol. The molecule has 0 saturated carbocycles. The minimum Gasteiger partial charge on any atom is -0.494 e. The molecule has 1 aromatic heterocycles. The third kappa shape index (κ3) is 3.50. The van der Waals surface area contributed by atoms with Gasteiger partial charge in [0.25, 0.3) is 5.91 Å². The van der Waals surface area contributed by atoms with Gasteiger partial charge in [0.15, 0.2) is 0 Å². The van der Waals surface area contributed by atoms with Crippen LogP contribution in [0.1, 0.15) is 58.6 Å². The monoisotopic (exact) mass is 343 g/mol. The summed E-state index contributed by atoms with van der Waals surface area (Å²) >= 11 is 0. The van der Waals surface area contributed by atoms with Gasteiger partial charge in [0.05, 0.1) is 24.5 Å². The number of rotatable bonds is 5. The number of carbonyl (C=O) groups is 2. The van der Waals surface area contributed by atoms with E-state index in [9.17, 15) is 14.7 Å². The van der Waals surface area contributed by atoms with E-state index >= 15 is 0 Å². The zero-order valence-electron chi connectivity index (χ0n) is 14.1. The molecule has 0 bridgehead atoms. The van der Waals surface area contributed by atoms with E-state index < -0.39 is 5.97 Å². The van der Waals surface area contributed by atoms with Gasteiger partial charge in [-0.3, -0.25) is 9.89 Å². The first kappa shape index (κ1) is 17.0. The number of nitrogens with one attached hydrogen (secondary N) is 1. The quantitative estimate of drug-likeness (QED) is 0.870. The summed E-state index contributed by atoms with van der Waals surface area (Å²) in [6.07, 6.45) is 3.83. The molecule has 1 amide bonds. The van der Waals surface area contributed by atoms with Crippen LogP contribution in [0.2, 0.25) is 0 Å². The number of hydrogen-bond acceptors (Lipinski definition) is 4. The predicted octanol–water partition coefficient (Wildman–Crippen LogP) is 2.87. The van der Waals surface area contributed by atoms with Gasteiger partial charge in [0.2, 0.25) is 0 Å². The lowest BCUT2D eigenvalue weighted by Crippen LogP contribution is -2.39. The number of carbonyl (C=O) groups excluding carboxylic acids is 1. The molecule has 1 unspecified atom stereocenters. The lowest BCUT2D eigenvalue weighted by molar-refractivity contribution is 0.0589. The van der Waals surface area contributed by atoms with Gasteiger partial charge in [0, 0.05) is 12.1 Å². The fourth-order valence-corrected chi connectivity index (χ4v) is 3.25. The molecular formula is C18H21N3O4. The first-order valence-corrected chi connectivity index (χ1v) is 8.42. The van der Waals surface area contributed by atoms with Crippen molar-refractivity contribution >= 4 is 11.9 Å². The maximum absolute atomic E-state index is 13.0. The minimum absolute atomic E-state index is 0.118. The smallest absolute Gasteiger partial charge is 0.339 e. The first-order valence-electron chi connectivity index (χ1n) is 8.42. The lowest BCUT2D eigenvalue weighted by atomic mass is 9.96. The van der Waals surface area contributed by atoms with Crippen LogP contribution in [0.5, 0.6) is 5.75 Å². The van der Waals surface area contributed by atoms with Crippen molar-refractivity contribution in [1.29, 1.82) is 0 Å². The third-order valence-corrected chi connectivity index (χ3v) is 4.39. The fourth-order valence-electron chi connectivity index (χ4n) is 3.25. The summed E-state index contributed by atoms with van der Waals surface area (Å²) in [6, 6.07) is 6.76. The molecule has 132 valence electrons. The van der Waals surface area contributed by atoms with Crippen LogP contribution in [0.25, 0.3) is 0 Å². The molecule has 25 heavy (non-hydrogen) atoms. The molecule has 1 saturated heterocycles. The van der Waals surface area contributed by atoms with Crippen molar-refractivity contribution in [1.82, 2.24) is 15.1 Å². The van der Waals surface area contributed by atoms with Gasteiger partial charge < -0.3 is 14.7 Å². The van der Waals surface area contributed by atoms with Gasteiger partial charge in [-0.05, 0) is 44.4 Å². The highest BCUT2D eigenvalue weighted by Crippen LogP contribution is 2.33. The summed E-state index contributed by atoms with van der Waals surface area (Å²) in [5.41, 5.74) is 1.14. The first-order chi connectivity index (χ1) is 12.1. The van der Waals surface area contributed by atoms with Gasteiger partial charge >= 0.3 is 5.97 Å². The second-order valence-electron chi connectivity index (χ2n) is 5.97. The number of H-pyrrole nitrogens is 1. The lowest BCUT2D eigenvalue weighted by Gasteiger charge is -2.35. The van der Waals surface area contributed by atoms with Crippen molar-refractivity contribution < 1.29 is 19.4 Å². The highest BCUT2D eigenvalue weighted by Gasteiger charge is 2.32. The summed E-state index contributed by atoms with van der Waals surface area (Å²) < 4.78 is 5.47. The maximum Gasteiger partial charge on any atom is 0.339 e. The minimum atomic E-state index is -1.04. The van der Waals surface area contributed by atoms with Crippen LogP contribution in [-0.2, 0) is 0 Å². The molecule has 2 aromatic rings. The number of aromatic amines is 1. The fraction of sp³-hybridized carbons (Fsp3) is 0.389. The molecule has 3 rings (SSSR count). The van der Waals surface area contributed by atoms with Crippen molar-refractivity contribution in [2.24, 2.45) is 0 Å². The molecule has 1 aliphatic rings. The number of piperidine rings is 1. The Hall–Kier alpha value is -2.83. The van der Waals surface area contributed by atoms with E-state index in [-0.39, 0.29) is 17.5 Å². The summed E-state index contributed by atoms with van der Waals surface area (Å²) in [5, 5.41) is 16.0. The molecule has 2 N–H and O–H groups in total. The van der Waals surface area contributed by atoms with Crippen molar-refractivity contribution in [3.05, 3.63) is 47.3 Å². The second kappa shape index (κ2) is 7.38. The number of carboxylic acid groups (broad SMARTS) is 1. The number of benzene rings is 1. The number of carboxylic acids is 1. The number of likely N-dealkylation sites (tertiary alicyclic amines) is 1. The van der Waals surface area contributed by atoms with E-state index in [0.29, 0.717) is 36.6 Å². The second-order valence-corrected chi connectivity index (χ2v) is 5.97. The number of hydrogen-bond donors (Lipinski definition) is 2. The Morgan fingerprint density at radius 2 is 2.24 bits per heavy atom.